The van der Waals surface area contributed by atoms with Crippen LogP contribution in [-0.2, 0) is 80.0 Å². The summed E-state index contributed by atoms with van der Waals surface area (Å²) in [6, 6.07) is 9.82. The number of unbranched alkanes of at least 4 members (excludes halogenated alkanes) is 3. The van der Waals surface area contributed by atoms with E-state index in [0.29, 0.717) is 66.7 Å². The molecule has 3 fully saturated rings. The molecule has 0 bridgehead atoms. The zero-order valence-corrected chi connectivity index (χ0v) is 66.0. The monoisotopic (exact) mass is 1500 g/mol. The van der Waals surface area contributed by atoms with Gasteiger partial charge in [-0.25, -0.2) is 4.79 Å². The number of nitrogens with one attached hydrogen (secondary N) is 3. The van der Waals surface area contributed by atoms with Crippen molar-refractivity contribution in [1.82, 2.24) is 35.6 Å². The number of likely N-dealkylation sites (N-methyl/N-ethyl adjacent to an activating group) is 2. The van der Waals surface area contributed by atoms with E-state index in [0.717, 1.165) is 12.8 Å². The predicted molar refractivity (Wildman–Crippen MR) is 402 cm³/mol. The van der Waals surface area contributed by atoms with Crippen molar-refractivity contribution in [3.63, 3.8) is 0 Å². The lowest BCUT2D eigenvalue weighted by atomic mass is 9.83. The number of ketones is 4. The van der Waals surface area contributed by atoms with Gasteiger partial charge in [-0.1, -0.05) is 118 Å². The number of aliphatic carboxylic acids is 1. The molecule has 5 rings (SSSR count). The number of carbonyl (C=O) groups excluding carboxylic acids is 12. The summed E-state index contributed by atoms with van der Waals surface area (Å²) in [6.07, 6.45) is 2.27. The largest absolute Gasteiger partial charge is 0.497 e. The number of hydrogen-bond donors (Lipinski definition) is 5. The number of benzene rings is 2. The van der Waals surface area contributed by atoms with Gasteiger partial charge in [-0.3, -0.25) is 67.3 Å². The fourth-order valence-corrected chi connectivity index (χ4v) is 16.2. The second-order valence-corrected chi connectivity index (χ2v) is 31.9. The van der Waals surface area contributed by atoms with Crippen LogP contribution in [0.2, 0.25) is 0 Å². The number of rotatable bonds is 49. The molecule has 0 aromatic heterocycles. The molecule has 2 saturated heterocycles. The van der Waals surface area contributed by atoms with Crippen LogP contribution >= 0.6 is 11.8 Å². The molecule has 590 valence electrons. The molecule has 106 heavy (non-hydrogen) atoms. The molecular weight excluding hydrogens is 1380 g/mol. The summed E-state index contributed by atoms with van der Waals surface area (Å²) in [4.78, 5) is 182. The number of imide groups is 1. The lowest BCUT2D eigenvalue weighted by molar-refractivity contribution is -0.149. The maximum atomic E-state index is 15.1. The minimum atomic E-state index is -0.964. The second-order valence-electron chi connectivity index (χ2n) is 30.7. The molecular formula is C79H120N8O18S. The molecule has 2 aliphatic heterocycles. The molecule has 27 heteroatoms. The molecule has 1 aliphatic carbocycles. The number of amides is 8. The zero-order valence-electron chi connectivity index (χ0n) is 65.2. The Labute approximate surface area is 630 Å². The predicted octanol–water partition coefficient (Wildman–Crippen LogP) is 8.19. The van der Waals surface area contributed by atoms with E-state index in [9.17, 15) is 62.6 Å². The Morgan fingerprint density at radius 1 is 0.764 bits per heavy atom. The van der Waals surface area contributed by atoms with E-state index in [1.165, 1.54) is 38.0 Å². The van der Waals surface area contributed by atoms with Crippen LogP contribution in [0.25, 0.3) is 0 Å². The van der Waals surface area contributed by atoms with E-state index < -0.39 is 101 Å². The van der Waals surface area contributed by atoms with Crippen molar-refractivity contribution in [3.8, 4) is 5.75 Å². The van der Waals surface area contributed by atoms with Crippen LogP contribution in [0.5, 0.6) is 5.75 Å². The minimum Gasteiger partial charge on any atom is -0.497 e. The molecule has 0 spiro atoms. The number of carboxylic acid groups (broad SMARTS) is 1. The first kappa shape index (κ1) is 89.0. The molecule has 2 aromatic carbocycles. The Kier molecular flexibility index (Phi) is 35.9. The SMILES string of the molecule is CC[C@H](C)[C@@H]([C@@H](CC(=O)N1C[C@@H](NC(=O)OCc2ccc(CC(=O)[C@H](CCCCC(N)=O)NC(=O)[C@@H](CC(=O)CCCCCN3C(=O)CC(SCC4(CC(=O)O)CC4)C3=O)C(C)C)cc2)C[C@H]1[C@H](OC)[C@@H](C)C(=O)NCC(=O)c1cccc(OC)c1)OC)N(C)C(=O)[C@@H](CC(=O)[C@H](C(C)C)N(C)C)C(C)C. The standard InChI is InChI=1S/C79H120N8O18S/c1-16-50(8)72(85(12)76(99)59(48(4)5)39-63(90)71(49(6)7)84(10)11)65(103-14)40-68(93)87-44-55(37-61(87)73(104-15)51(9)74(97)81-43-64(91)54-23-22-25-57(36-54)102-13)82-78(101)105-45-53-30-28-52(29-31-53)35-62(89)60(26-19-20-27-67(80)92)83-75(98)58(47(2)3)38-56(88)24-18-17-21-34-86-69(94)41-66(77(86)100)106-46-79(32-33-79)42-70(95)96/h22-23,25,28-31,36,47-51,55,58-61,65-66,71-73H,16-21,24,26-27,32-35,37-46H2,1-15H3,(H2,80,92)(H,81,97)(H,82,101)(H,83,98)(H,95,96)/t50-,51+,55-,58-,59-,60-,61-,65+,66?,71-,72-,73+/m0/s1. The molecule has 2 heterocycles. The molecule has 3 aliphatic rings. The number of likely N-dealkylation sites (tertiary alicyclic amines) is 2. The Morgan fingerprint density at radius 3 is 2.01 bits per heavy atom. The molecule has 12 atom stereocenters. The van der Waals surface area contributed by atoms with Crippen molar-refractivity contribution in [2.24, 2.45) is 52.6 Å². The summed E-state index contributed by atoms with van der Waals surface area (Å²) in [5.74, 6) is -6.38. The van der Waals surface area contributed by atoms with Gasteiger partial charge in [0.05, 0.1) is 80.1 Å². The van der Waals surface area contributed by atoms with E-state index in [-0.39, 0.29) is 160 Å². The van der Waals surface area contributed by atoms with Gasteiger partial charge in [0.1, 0.15) is 18.1 Å². The summed E-state index contributed by atoms with van der Waals surface area (Å²) in [7, 11) is 9.77. The highest BCUT2D eigenvalue weighted by Gasteiger charge is 2.49. The average molecular weight is 1500 g/mol. The van der Waals surface area contributed by atoms with Gasteiger partial charge in [-0.05, 0) is 111 Å². The first-order chi connectivity index (χ1) is 50.1. The van der Waals surface area contributed by atoms with E-state index >= 15 is 4.79 Å². The van der Waals surface area contributed by atoms with E-state index in [1.54, 1.807) is 72.3 Å². The Balaban J connectivity index is 1.24. The molecule has 6 N–H and O–H groups in total. The van der Waals surface area contributed by atoms with Gasteiger partial charge in [0.15, 0.2) is 17.3 Å². The lowest BCUT2D eigenvalue weighted by Crippen LogP contribution is -2.54. The fraction of sp³-hybridized carbons (Fsp3) is 0.684. The van der Waals surface area contributed by atoms with Gasteiger partial charge in [-0.15, -0.1) is 11.8 Å². The molecule has 8 amide bonds. The minimum absolute atomic E-state index is 0.0105. The van der Waals surface area contributed by atoms with Crippen LogP contribution in [-0.4, -0.2) is 217 Å². The van der Waals surface area contributed by atoms with Crippen molar-refractivity contribution in [3.05, 3.63) is 65.2 Å². The summed E-state index contributed by atoms with van der Waals surface area (Å²) in [5.41, 5.74) is 6.61. The van der Waals surface area contributed by atoms with E-state index in [4.69, 9.17) is 24.7 Å². The van der Waals surface area contributed by atoms with E-state index in [1.807, 2.05) is 74.4 Å². The van der Waals surface area contributed by atoms with Crippen LogP contribution < -0.4 is 26.4 Å². The van der Waals surface area contributed by atoms with Crippen molar-refractivity contribution in [1.29, 1.82) is 0 Å². The van der Waals surface area contributed by atoms with Gasteiger partial charge in [-0.2, -0.15) is 0 Å². The third kappa shape index (κ3) is 26.7. The van der Waals surface area contributed by atoms with Gasteiger partial charge in [0.25, 0.3) is 0 Å². The number of methoxy groups -OCH3 is 3. The number of thioether (sulfide) groups is 1. The maximum Gasteiger partial charge on any atom is 0.407 e. The number of nitrogens with zero attached hydrogens (tertiary/aromatic N) is 4. The number of ether oxygens (including phenoxy) is 4. The lowest BCUT2D eigenvalue weighted by Gasteiger charge is -2.41. The second kappa shape index (κ2) is 42.8. The molecule has 26 nitrogen and oxygen atoms in total. The number of nitrogens with two attached hydrogens (primary N) is 1. The third-order valence-corrected chi connectivity index (χ3v) is 22.9. The number of hydrogen-bond acceptors (Lipinski definition) is 19. The molecule has 0 radical (unpaired) electrons. The highest BCUT2D eigenvalue weighted by Crippen LogP contribution is 2.52. The summed E-state index contributed by atoms with van der Waals surface area (Å²) in [6.45, 7) is 16.7. The summed E-state index contributed by atoms with van der Waals surface area (Å²) in [5, 5.41) is 17.3. The van der Waals surface area contributed by atoms with Gasteiger partial charge in [0, 0.05) is 96.0 Å². The Morgan fingerprint density at radius 2 is 1.42 bits per heavy atom. The quantitative estimate of drug-likeness (QED) is 0.0237. The van der Waals surface area contributed by atoms with Crippen LogP contribution in [0.4, 0.5) is 4.79 Å². The average Bonchev–Trinajstić information content (AvgIpc) is 1.62. The van der Waals surface area contributed by atoms with Crippen molar-refractivity contribution in [2.45, 2.75) is 232 Å². The van der Waals surface area contributed by atoms with Crippen molar-refractivity contribution >= 4 is 88.3 Å². The van der Waals surface area contributed by atoms with Crippen LogP contribution in [0.15, 0.2) is 48.5 Å². The highest BCUT2D eigenvalue weighted by molar-refractivity contribution is 8.00. The zero-order chi connectivity index (χ0) is 78.9. The normalized spacial score (nSPS) is 18.8. The molecule has 1 saturated carbocycles. The number of primary amides is 1. The van der Waals surface area contributed by atoms with Crippen molar-refractivity contribution in [2.75, 3.05) is 67.9 Å². The van der Waals surface area contributed by atoms with E-state index in [2.05, 4.69) is 16.0 Å². The number of carboxylic acids is 1. The first-order valence-corrected chi connectivity index (χ1v) is 38.7. The van der Waals surface area contributed by atoms with Gasteiger partial charge in [0.2, 0.25) is 41.4 Å². The number of Topliss-reactive ketones (excluding diaryl/α,β-unsaturated/α-hetero) is 4. The number of carbonyl (C=O) groups is 13. The third-order valence-electron chi connectivity index (χ3n) is 21.3. The Hall–Kier alpha value is -7.62. The highest BCUT2D eigenvalue weighted by atomic mass is 32.2. The molecule has 1 unspecified atom stereocenters. The smallest absolute Gasteiger partial charge is 0.407 e. The summed E-state index contributed by atoms with van der Waals surface area (Å²) < 4.78 is 23.3. The number of alkyl carbamates (subject to hydrolysis) is 1. The fourth-order valence-electron chi connectivity index (χ4n) is 14.7. The van der Waals surface area contributed by atoms with Crippen LogP contribution in [0.1, 0.15) is 193 Å². The Bertz CT molecular complexity index is 3330. The van der Waals surface area contributed by atoms with Crippen LogP contribution in [0, 0.1) is 46.8 Å². The topological polar surface area (TPSA) is 354 Å². The molecule has 2 aromatic rings. The van der Waals surface area contributed by atoms with Crippen LogP contribution in [0.3, 0.4) is 0 Å². The summed E-state index contributed by atoms with van der Waals surface area (Å²) >= 11 is 1.36. The van der Waals surface area contributed by atoms with Gasteiger partial charge < -0.3 is 55.5 Å². The van der Waals surface area contributed by atoms with Gasteiger partial charge >= 0.3 is 12.1 Å². The van der Waals surface area contributed by atoms with Crippen molar-refractivity contribution < 1.29 is 86.4 Å². The maximum absolute atomic E-state index is 15.1. The first-order valence-electron chi connectivity index (χ1n) is 37.7.